The van der Waals surface area contributed by atoms with Gasteiger partial charge in [0.1, 0.15) is 0 Å². The van der Waals surface area contributed by atoms with E-state index in [0.29, 0.717) is 0 Å². The molecule has 0 nitrogen and oxygen atoms in total. The van der Waals surface area contributed by atoms with Crippen LogP contribution in [0.25, 0.3) is 0 Å². The Morgan fingerprint density at radius 2 is 1.03 bits per heavy atom. The smallest absolute Gasteiger partial charge is 0.214 e. The molecule has 1 saturated heterocycles. The van der Waals surface area contributed by atoms with Crippen LogP contribution >= 0.6 is 15.9 Å². The molecule has 0 unspecified atom stereocenters. The normalized spacial score (nSPS) is 28.2. The van der Waals surface area contributed by atoms with Crippen molar-refractivity contribution in [3.05, 3.63) is 83.3 Å². The molecule has 0 radical (unpaired) electrons. The molecule has 0 spiro atoms. The molecule has 3 aromatic rings. The Bertz CT molecular complexity index is 1010. The van der Waals surface area contributed by atoms with Crippen molar-refractivity contribution < 1.29 is 17.1 Å². The van der Waals surface area contributed by atoms with Crippen LogP contribution in [0, 0.1) is 0 Å². The van der Waals surface area contributed by atoms with Crippen molar-refractivity contribution in [3.8, 4) is 0 Å². The molecule has 1 aliphatic rings. The molecule has 0 saturated carbocycles. The van der Waals surface area contributed by atoms with Crippen LogP contribution in [0.1, 0.15) is 0 Å². The molecular weight excluding hydrogens is 617 g/mol. The number of rotatable bonds is 2. The van der Waals surface area contributed by atoms with Crippen LogP contribution in [0.5, 0.6) is 0 Å². The molecule has 8 heteroatoms. The van der Waals surface area contributed by atoms with Gasteiger partial charge in [0.05, 0.1) is 7.11 Å². The summed E-state index contributed by atoms with van der Waals surface area (Å²) in [5.41, 5.74) is 0. The minimum Gasteiger partial charge on any atom is -0.214 e. The summed E-state index contributed by atoms with van der Waals surface area (Å²) in [6, 6.07) is 29.4. The van der Waals surface area contributed by atoms with Gasteiger partial charge in [-0.3, -0.25) is 0 Å². The molecule has 1 heterocycles. The van der Waals surface area contributed by atoms with Crippen molar-refractivity contribution in [2.45, 2.75) is 65.5 Å². The second kappa shape index (κ2) is 10.2. The predicted molar refractivity (Wildman–Crippen MR) is 171 cm³/mol. The van der Waals surface area contributed by atoms with Gasteiger partial charge in [-0.15, -0.1) is 0 Å². The first kappa shape index (κ1) is 30.4. The third-order valence-corrected chi connectivity index (χ3v) is 160. The van der Waals surface area contributed by atoms with Crippen LogP contribution in [0.4, 0.5) is 0 Å². The molecule has 186 valence electrons. The Hall–Kier alpha value is 0.221. The summed E-state index contributed by atoms with van der Waals surface area (Å²) >= 11 is 3.70. The Kier molecular flexibility index (Phi) is 9.11. The monoisotopic (exact) mass is 658 g/mol. The van der Waals surface area contributed by atoms with Gasteiger partial charge in [-0.25, -0.2) is 24.3 Å². The summed E-state index contributed by atoms with van der Waals surface area (Å²) in [7, 11) is -8.71. The molecule has 0 N–H and O–H groups in total. The largest absolute Gasteiger partial charge is 2.00 e. The summed E-state index contributed by atoms with van der Waals surface area (Å²) < 4.78 is 1.23. The fraction of sp³-hybridized carbons (Fsp3) is 0.385. The van der Waals surface area contributed by atoms with Gasteiger partial charge < -0.3 is 0 Å². The minimum absolute atomic E-state index is 0. The number of hydrogen-bond donors (Lipinski definition) is 0. The molecule has 3 aromatic carbocycles. The van der Waals surface area contributed by atoms with Gasteiger partial charge >= 0.3 is 17.1 Å². The third kappa shape index (κ3) is 4.04. The second-order valence-corrected chi connectivity index (χ2v) is 83.0. The van der Waals surface area contributed by atoms with Crippen molar-refractivity contribution >= 4 is 69.0 Å². The van der Waals surface area contributed by atoms with E-state index in [1.807, 2.05) is 35.5 Å². The van der Waals surface area contributed by atoms with Crippen molar-refractivity contribution in [2.24, 2.45) is 0 Å². The summed E-state index contributed by atoms with van der Waals surface area (Å²) in [5.74, 6) is 0. The van der Waals surface area contributed by atoms with E-state index in [9.17, 15) is 0 Å². The molecule has 0 atom stereocenters. The van der Waals surface area contributed by atoms with Gasteiger partial charge in [-0.05, 0) is 12.1 Å². The van der Waals surface area contributed by atoms with E-state index in [0.717, 1.165) is 0 Å². The fourth-order valence-electron chi connectivity index (χ4n) is 7.32. The first-order chi connectivity index (χ1) is 15.1. The molecule has 0 aliphatic carbocycles. The van der Waals surface area contributed by atoms with Crippen LogP contribution in [-0.4, -0.2) is 42.7 Å². The Balaban J connectivity index is 0.000000603. The standard InChI is InChI=1S/C21H38BrSi6.C5H5.Fe/c1-23(2)25(5,6)28(10,21-17-15-19(22)16-18-21)26(7,8)24(3,4)27(23,9)20-13-11-12-14-20;1-2-4-5-3-1;/h11-18H,1-10H3;1-5H;/q2*-1;+2. The van der Waals surface area contributed by atoms with Crippen molar-refractivity contribution in [1.82, 2.24) is 0 Å². The molecule has 0 amide bonds. The van der Waals surface area contributed by atoms with Crippen LogP contribution < -0.4 is 10.4 Å². The average molecular weight is 660 g/mol. The molecule has 0 bridgehead atoms. The molecular formula is C26H43BrFeSi6. The predicted octanol–water partition coefficient (Wildman–Crippen LogP) is 7.16. The zero-order valence-electron chi connectivity index (χ0n) is 22.7. The minimum atomic E-state index is -1.55. The molecule has 34 heavy (non-hydrogen) atoms. The van der Waals surface area contributed by atoms with Crippen molar-refractivity contribution in [3.63, 3.8) is 0 Å². The van der Waals surface area contributed by atoms with Gasteiger partial charge in [0.15, 0.2) is 0 Å². The number of benzene rings is 1. The number of halogens is 1. The average Bonchev–Trinajstić information content (AvgIpc) is 3.48. The quantitative estimate of drug-likeness (QED) is 0.202. The van der Waals surface area contributed by atoms with E-state index in [2.05, 4.69) is 130 Å². The van der Waals surface area contributed by atoms with Crippen LogP contribution in [0.15, 0.2) is 83.3 Å². The Morgan fingerprint density at radius 1 is 0.618 bits per heavy atom. The van der Waals surface area contributed by atoms with Crippen molar-refractivity contribution in [2.75, 3.05) is 0 Å². The summed E-state index contributed by atoms with van der Waals surface area (Å²) in [6.45, 7) is 28.6. The van der Waals surface area contributed by atoms with Crippen LogP contribution in [-0.2, 0) is 17.1 Å². The molecule has 4 rings (SSSR count). The SMILES string of the molecule is C[Si]1(C)[Si](C)(C)[Si](C)([c-]2cccc2)[Si](C)(C)[Si](C)(C)[Si]1(C)c1ccc(Br)cc1.[Fe+2].c1cc[cH-]c1. The number of hydrogen-bond acceptors (Lipinski definition) is 0. The topological polar surface area (TPSA) is 0 Å². The van der Waals surface area contributed by atoms with E-state index in [1.165, 1.54) is 4.47 Å². The van der Waals surface area contributed by atoms with Gasteiger partial charge in [0.25, 0.3) is 0 Å². The molecule has 0 aromatic heterocycles. The van der Waals surface area contributed by atoms with Crippen LogP contribution in [0.2, 0.25) is 65.5 Å². The van der Waals surface area contributed by atoms with Gasteiger partial charge in [-0.1, -0.05) is 98.7 Å². The first-order valence-electron chi connectivity index (χ1n) is 12.3. The Morgan fingerprint density at radius 3 is 1.38 bits per heavy atom. The van der Waals surface area contributed by atoms with Crippen molar-refractivity contribution in [1.29, 1.82) is 0 Å². The maximum absolute atomic E-state index is 3.70. The van der Waals surface area contributed by atoms with Gasteiger partial charge in [0.2, 0.25) is 0 Å². The fourth-order valence-corrected chi connectivity index (χ4v) is 248. The van der Waals surface area contributed by atoms with E-state index in [4.69, 9.17) is 0 Å². The van der Waals surface area contributed by atoms with E-state index < -0.39 is 42.7 Å². The Labute approximate surface area is 233 Å². The van der Waals surface area contributed by atoms with E-state index in [-0.39, 0.29) is 17.1 Å². The summed E-state index contributed by atoms with van der Waals surface area (Å²) in [5, 5.41) is 3.62. The maximum Gasteiger partial charge on any atom is 2.00 e. The summed E-state index contributed by atoms with van der Waals surface area (Å²) in [4.78, 5) is 0. The van der Waals surface area contributed by atoms with Gasteiger partial charge in [-0.2, -0.15) is 35.5 Å². The molecule has 1 aliphatic heterocycles. The van der Waals surface area contributed by atoms with E-state index >= 15 is 0 Å². The molecule has 1 fully saturated rings. The zero-order valence-corrected chi connectivity index (χ0v) is 31.4. The first-order valence-corrected chi connectivity index (χ1v) is 36.0. The van der Waals surface area contributed by atoms with Gasteiger partial charge in [0, 0.05) is 40.0 Å². The summed E-state index contributed by atoms with van der Waals surface area (Å²) in [6.07, 6.45) is 0. The van der Waals surface area contributed by atoms with Crippen LogP contribution in [0.3, 0.4) is 0 Å². The second-order valence-electron chi connectivity index (χ2n) is 12.4. The van der Waals surface area contributed by atoms with E-state index in [1.54, 1.807) is 5.19 Å². The zero-order chi connectivity index (χ0) is 24.9. The third-order valence-electron chi connectivity index (χ3n) is 11.3. The maximum atomic E-state index is 3.70.